The molecule has 4 rings (SSSR count). The Morgan fingerprint density at radius 1 is 0.930 bits per heavy atom. The molecule has 0 saturated carbocycles. The van der Waals surface area contributed by atoms with Crippen LogP contribution in [-0.2, 0) is 31.0 Å². The van der Waals surface area contributed by atoms with Crippen LogP contribution in [0.15, 0.2) is 48.7 Å². The Balaban J connectivity index is 1.25. The molecule has 0 aliphatic carbocycles. The van der Waals surface area contributed by atoms with Crippen molar-refractivity contribution in [3.05, 3.63) is 70.9 Å². The van der Waals surface area contributed by atoms with Gasteiger partial charge in [-0.2, -0.15) is 8.78 Å². The number of rotatable bonds is 16. The predicted molar refractivity (Wildman–Crippen MR) is 166 cm³/mol. The van der Waals surface area contributed by atoms with Crippen LogP contribution in [0.3, 0.4) is 0 Å². The van der Waals surface area contributed by atoms with Gasteiger partial charge in [-0.25, -0.2) is 14.1 Å². The smallest absolute Gasteiger partial charge is 0.479 e. The van der Waals surface area contributed by atoms with Crippen molar-refractivity contribution >= 4 is 35.4 Å². The predicted octanol–water partition coefficient (Wildman–Crippen LogP) is 8.50. The zero-order chi connectivity index (χ0) is 31.0. The maximum absolute atomic E-state index is 14.2. The molecule has 0 aliphatic rings. The fourth-order valence-electron chi connectivity index (χ4n) is 4.93. The highest BCUT2D eigenvalue weighted by Crippen LogP contribution is 2.54. The number of alkyl halides is 2. The number of aryl methyl sites for hydroxylation is 4. The maximum atomic E-state index is 14.2. The zero-order valence-corrected chi connectivity index (χ0v) is 26.1. The molecule has 2 heterocycles. The lowest BCUT2D eigenvalue weighted by molar-refractivity contribution is -0.195. The van der Waals surface area contributed by atoms with E-state index in [9.17, 15) is 13.3 Å². The van der Waals surface area contributed by atoms with E-state index in [4.69, 9.17) is 19.5 Å². The van der Waals surface area contributed by atoms with Crippen LogP contribution in [0.25, 0.3) is 21.8 Å². The molecule has 0 saturated heterocycles. The number of pyridine rings is 2. The molecule has 0 unspecified atom stereocenters. The second-order valence-electron chi connectivity index (χ2n) is 10.5. The summed E-state index contributed by atoms with van der Waals surface area (Å²) in [5.74, 6) is 1.17. The van der Waals surface area contributed by atoms with Gasteiger partial charge in [0.1, 0.15) is 11.3 Å². The van der Waals surface area contributed by atoms with Crippen LogP contribution in [0.1, 0.15) is 61.8 Å². The normalized spacial score (nSPS) is 12.3. The van der Waals surface area contributed by atoms with E-state index in [-0.39, 0.29) is 19.6 Å². The number of nitrogen functional groups attached to an aromatic ring is 1. The van der Waals surface area contributed by atoms with E-state index in [0.29, 0.717) is 30.8 Å². The molecule has 232 valence electrons. The van der Waals surface area contributed by atoms with E-state index < -0.39 is 20.4 Å². The summed E-state index contributed by atoms with van der Waals surface area (Å²) in [6, 6.07) is 14.3. The number of hydrogen-bond acceptors (Lipinski definition) is 8. The van der Waals surface area contributed by atoms with Crippen molar-refractivity contribution in [3.63, 3.8) is 0 Å². The van der Waals surface area contributed by atoms with E-state index in [1.165, 1.54) is 19.4 Å². The van der Waals surface area contributed by atoms with Crippen molar-refractivity contribution in [1.29, 1.82) is 0 Å². The topological polar surface area (TPSA) is 106 Å². The van der Waals surface area contributed by atoms with E-state index in [1.54, 1.807) is 0 Å². The summed E-state index contributed by atoms with van der Waals surface area (Å²) in [6.07, 6.45) is 0.604. The van der Waals surface area contributed by atoms with Crippen molar-refractivity contribution in [1.82, 2.24) is 9.97 Å². The number of benzene rings is 2. The molecule has 2 aromatic carbocycles. The second kappa shape index (κ2) is 14.5. The Morgan fingerprint density at radius 3 is 2.42 bits per heavy atom. The lowest BCUT2D eigenvalue weighted by Gasteiger charge is -2.22. The fourth-order valence-corrected chi connectivity index (χ4v) is 6.16. The van der Waals surface area contributed by atoms with Gasteiger partial charge in [-0.3, -0.25) is 14.0 Å². The van der Waals surface area contributed by atoms with Crippen molar-refractivity contribution in [3.8, 4) is 5.75 Å². The molecule has 0 spiro atoms. The second-order valence-corrected chi connectivity index (χ2v) is 12.1. The Bertz CT molecular complexity index is 1590. The number of unbranched alkanes of at least 4 members (excludes halogenated alkanes) is 2. The molecular weight excluding hydrogens is 575 g/mol. The third kappa shape index (κ3) is 8.92. The molecule has 2 aromatic heterocycles. The molecule has 2 N–H and O–H groups in total. The molecule has 0 fully saturated rings. The van der Waals surface area contributed by atoms with Gasteiger partial charge >= 0.3 is 13.9 Å². The molecule has 8 nitrogen and oxygen atoms in total. The molecule has 0 bridgehead atoms. The van der Waals surface area contributed by atoms with Crippen LogP contribution in [0.5, 0.6) is 5.75 Å². The minimum Gasteiger partial charge on any atom is -0.494 e. The summed E-state index contributed by atoms with van der Waals surface area (Å²) in [6.45, 7) is 7.43. The SMILES string of the molecule is CCOP(=O)(OCC)OC(F)(F)CCCCCOc1ccc(CCc2cnc3c(N)nc4cc(C)ccc4c3c2)c(C)c1. The number of anilines is 1. The Hall–Kier alpha value is -3.17. The number of aromatic nitrogens is 2. The van der Waals surface area contributed by atoms with Gasteiger partial charge in [0.25, 0.3) is 0 Å². The average molecular weight is 616 g/mol. The van der Waals surface area contributed by atoms with E-state index in [2.05, 4.69) is 38.8 Å². The van der Waals surface area contributed by atoms with Crippen molar-refractivity contribution in [2.24, 2.45) is 0 Å². The largest absolute Gasteiger partial charge is 0.494 e. The summed E-state index contributed by atoms with van der Waals surface area (Å²) in [5, 5.41) is 2.05. The van der Waals surface area contributed by atoms with Crippen molar-refractivity contribution < 1.29 is 31.7 Å². The molecule has 0 aliphatic heterocycles. The zero-order valence-electron chi connectivity index (χ0n) is 25.2. The summed E-state index contributed by atoms with van der Waals surface area (Å²) in [5.41, 5.74) is 12.4. The number of ether oxygens (including phenoxy) is 1. The number of phosphoric ester groups is 1. The number of nitrogens with zero attached hydrogens (tertiary/aromatic N) is 2. The van der Waals surface area contributed by atoms with Gasteiger partial charge < -0.3 is 10.5 Å². The minimum atomic E-state index is -4.28. The van der Waals surface area contributed by atoms with Crippen molar-refractivity contribution in [2.75, 3.05) is 25.6 Å². The first kappa shape index (κ1) is 32.7. The first-order valence-electron chi connectivity index (χ1n) is 14.7. The number of hydrogen-bond donors (Lipinski definition) is 1. The minimum absolute atomic E-state index is 0.0570. The standard InChI is InChI=1S/C32H40F2N3O5P/c1-5-40-43(38,41-6-2)42-32(33,34)16-8-7-9-17-39-26-14-13-25(23(4)19-26)12-11-24-20-28-27-15-10-22(3)18-29(27)37-31(35)30(28)36-21-24/h10,13-15,18-21H,5-9,11-12,16-17H2,1-4H3,(H2,35,37). The maximum Gasteiger partial charge on any atom is 0.479 e. The third-order valence-corrected chi connectivity index (χ3v) is 8.71. The number of phosphoric acid groups is 1. The highest BCUT2D eigenvalue weighted by Gasteiger charge is 2.41. The van der Waals surface area contributed by atoms with Crippen LogP contribution in [0.2, 0.25) is 0 Å². The summed E-state index contributed by atoms with van der Waals surface area (Å²) in [7, 11) is -4.28. The highest BCUT2D eigenvalue weighted by molar-refractivity contribution is 7.48. The van der Waals surface area contributed by atoms with Crippen LogP contribution in [0.4, 0.5) is 14.6 Å². The molecule has 0 atom stereocenters. The third-order valence-electron chi connectivity index (χ3n) is 7.07. The van der Waals surface area contributed by atoms with E-state index >= 15 is 0 Å². The van der Waals surface area contributed by atoms with E-state index in [0.717, 1.165) is 51.6 Å². The average Bonchev–Trinajstić information content (AvgIpc) is 2.94. The van der Waals surface area contributed by atoms with Gasteiger partial charge in [0.05, 0.1) is 25.3 Å². The molecule has 4 aromatic rings. The van der Waals surface area contributed by atoms with Crippen LogP contribution in [0, 0.1) is 13.8 Å². The first-order valence-corrected chi connectivity index (χ1v) is 16.1. The van der Waals surface area contributed by atoms with Gasteiger partial charge in [-0.1, -0.05) is 18.2 Å². The van der Waals surface area contributed by atoms with Crippen LogP contribution < -0.4 is 10.5 Å². The van der Waals surface area contributed by atoms with E-state index in [1.807, 2.05) is 38.2 Å². The lowest BCUT2D eigenvalue weighted by atomic mass is 9.99. The summed E-state index contributed by atoms with van der Waals surface area (Å²) >= 11 is 0. The van der Waals surface area contributed by atoms with Crippen LogP contribution >= 0.6 is 7.82 Å². The summed E-state index contributed by atoms with van der Waals surface area (Å²) < 4.78 is 60.4. The monoisotopic (exact) mass is 615 g/mol. The molecule has 0 amide bonds. The Morgan fingerprint density at radius 2 is 1.70 bits per heavy atom. The first-order chi connectivity index (χ1) is 20.5. The quantitative estimate of drug-likeness (QED) is 0.0760. The number of halogens is 2. The van der Waals surface area contributed by atoms with Gasteiger partial charge in [0.2, 0.25) is 0 Å². The summed E-state index contributed by atoms with van der Waals surface area (Å²) in [4.78, 5) is 9.15. The Labute approximate surface area is 251 Å². The molecule has 11 heteroatoms. The van der Waals surface area contributed by atoms with Gasteiger partial charge in [-0.15, -0.1) is 0 Å². The van der Waals surface area contributed by atoms with Gasteiger partial charge in [0, 0.05) is 23.4 Å². The molecule has 0 radical (unpaired) electrons. The van der Waals surface area contributed by atoms with Gasteiger partial charge in [0.15, 0.2) is 5.82 Å². The number of nitrogens with two attached hydrogens (primary N) is 1. The molecule has 43 heavy (non-hydrogen) atoms. The number of fused-ring (bicyclic) bond motifs is 3. The van der Waals surface area contributed by atoms with Crippen LogP contribution in [-0.4, -0.2) is 35.9 Å². The Kier molecular flexibility index (Phi) is 11.1. The molecular formula is C32H40F2N3O5P. The van der Waals surface area contributed by atoms with Crippen molar-refractivity contribution in [2.45, 2.75) is 72.3 Å². The lowest BCUT2D eigenvalue weighted by Crippen LogP contribution is -2.21. The highest BCUT2D eigenvalue weighted by atomic mass is 31.2. The van der Waals surface area contributed by atoms with Gasteiger partial charge in [-0.05, 0) is 106 Å². The fraction of sp³-hybridized carbons (Fsp3) is 0.438.